The van der Waals surface area contributed by atoms with E-state index in [1.54, 1.807) is 18.2 Å². The molecule has 29 heavy (non-hydrogen) atoms. The SMILES string of the molecule is CCCC1CCC(CC/C=C/c2ccc(C3=CCC(CC)CC3)c(F)c2F)CC1. The molecule has 2 aliphatic carbocycles. The number of benzene rings is 1. The molecule has 2 heteroatoms. The Morgan fingerprint density at radius 2 is 1.62 bits per heavy atom. The summed E-state index contributed by atoms with van der Waals surface area (Å²) in [6.07, 6.45) is 20.2. The van der Waals surface area contributed by atoms with Crippen LogP contribution in [-0.2, 0) is 0 Å². The molecule has 0 radical (unpaired) electrons. The Morgan fingerprint density at radius 3 is 2.24 bits per heavy atom. The van der Waals surface area contributed by atoms with Gasteiger partial charge in [0, 0.05) is 11.1 Å². The second-order valence-corrected chi connectivity index (χ2v) is 9.26. The van der Waals surface area contributed by atoms with Gasteiger partial charge in [-0.05, 0) is 55.4 Å². The zero-order chi connectivity index (χ0) is 20.6. The molecular formula is C27H38F2. The molecule has 1 fully saturated rings. The summed E-state index contributed by atoms with van der Waals surface area (Å²) in [7, 11) is 0. The first-order valence-electron chi connectivity index (χ1n) is 12.0. The van der Waals surface area contributed by atoms with Crippen LogP contribution in [0.2, 0.25) is 0 Å². The van der Waals surface area contributed by atoms with Gasteiger partial charge in [-0.15, -0.1) is 0 Å². The van der Waals surface area contributed by atoms with Gasteiger partial charge in [-0.1, -0.05) is 89.2 Å². The van der Waals surface area contributed by atoms with E-state index in [2.05, 4.69) is 19.9 Å². The first kappa shape index (κ1) is 22.2. The molecule has 1 atom stereocenters. The summed E-state index contributed by atoms with van der Waals surface area (Å²) in [5.74, 6) is 1.06. The fourth-order valence-electron chi connectivity index (χ4n) is 5.20. The Balaban J connectivity index is 1.53. The van der Waals surface area contributed by atoms with Crippen molar-refractivity contribution in [3.8, 4) is 0 Å². The van der Waals surface area contributed by atoms with Crippen molar-refractivity contribution in [3.05, 3.63) is 47.0 Å². The minimum absolute atomic E-state index is 0.376. The molecule has 1 aromatic rings. The molecule has 0 nitrogen and oxygen atoms in total. The van der Waals surface area contributed by atoms with Gasteiger partial charge in [-0.2, -0.15) is 0 Å². The lowest BCUT2D eigenvalue weighted by atomic mass is 9.78. The molecule has 0 aromatic heterocycles. The number of allylic oxidation sites excluding steroid dienone is 3. The third-order valence-electron chi connectivity index (χ3n) is 7.26. The second-order valence-electron chi connectivity index (χ2n) is 9.26. The van der Waals surface area contributed by atoms with Gasteiger partial charge in [0.05, 0.1) is 0 Å². The quantitative estimate of drug-likeness (QED) is 0.408. The van der Waals surface area contributed by atoms with E-state index in [0.717, 1.165) is 49.5 Å². The lowest BCUT2D eigenvalue weighted by Gasteiger charge is -2.28. The van der Waals surface area contributed by atoms with E-state index in [-0.39, 0.29) is 0 Å². The Kier molecular flexibility index (Phi) is 8.51. The summed E-state index contributed by atoms with van der Waals surface area (Å²) in [5.41, 5.74) is 1.80. The molecule has 3 rings (SSSR count). The molecule has 0 N–H and O–H groups in total. The summed E-state index contributed by atoms with van der Waals surface area (Å²) < 4.78 is 29.3. The van der Waals surface area contributed by atoms with Crippen molar-refractivity contribution < 1.29 is 8.78 Å². The third-order valence-corrected chi connectivity index (χ3v) is 7.26. The summed E-state index contributed by atoms with van der Waals surface area (Å²) in [4.78, 5) is 0. The van der Waals surface area contributed by atoms with E-state index in [4.69, 9.17) is 0 Å². The van der Waals surface area contributed by atoms with Crippen molar-refractivity contribution in [3.63, 3.8) is 0 Å². The highest BCUT2D eigenvalue weighted by molar-refractivity contribution is 5.68. The average molecular weight is 401 g/mol. The molecule has 0 spiro atoms. The highest BCUT2D eigenvalue weighted by atomic mass is 19.2. The van der Waals surface area contributed by atoms with E-state index >= 15 is 0 Å². The van der Waals surface area contributed by atoms with Gasteiger partial charge in [-0.25, -0.2) is 8.78 Å². The minimum atomic E-state index is -0.697. The van der Waals surface area contributed by atoms with Crippen LogP contribution in [0.3, 0.4) is 0 Å². The van der Waals surface area contributed by atoms with Crippen LogP contribution in [0, 0.1) is 29.4 Å². The smallest absolute Gasteiger partial charge is 0.166 e. The van der Waals surface area contributed by atoms with Gasteiger partial charge in [-0.3, -0.25) is 0 Å². The highest BCUT2D eigenvalue weighted by Crippen LogP contribution is 2.35. The van der Waals surface area contributed by atoms with E-state index < -0.39 is 11.6 Å². The van der Waals surface area contributed by atoms with Gasteiger partial charge >= 0.3 is 0 Å². The van der Waals surface area contributed by atoms with E-state index in [9.17, 15) is 8.78 Å². The Bertz CT molecular complexity index is 707. The van der Waals surface area contributed by atoms with Crippen molar-refractivity contribution in [2.45, 2.75) is 90.9 Å². The maximum absolute atomic E-state index is 14.7. The molecule has 0 saturated heterocycles. The van der Waals surface area contributed by atoms with E-state index in [0.29, 0.717) is 17.0 Å². The average Bonchev–Trinajstić information content (AvgIpc) is 2.75. The van der Waals surface area contributed by atoms with Crippen LogP contribution in [0.1, 0.15) is 102 Å². The molecule has 1 unspecified atom stereocenters. The predicted octanol–water partition coefficient (Wildman–Crippen LogP) is 8.96. The van der Waals surface area contributed by atoms with Crippen LogP contribution in [0.5, 0.6) is 0 Å². The van der Waals surface area contributed by atoms with Crippen molar-refractivity contribution in [2.24, 2.45) is 17.8 Å². The van der Waals surface area contributed by atoms with Crippen LogP contribution in [-0.4, -0.2) is 0 Å². The van der Waals surface area contributed by atoms with Crippen molar-refractivity contribution in [2.75, 3.05) is 0 Å². The standard InChI is InChI=1S/C27H38F2/c1-3-7-21-10-12-22(13-11-21)8-5-6-9-24-18-19-25(27(29)26(24)28)23-16-14-20(4-2)15-17-23/h6,9,16,18-22H,3-5,7-8,10-15,17H2,1-2H3/b9-6+. The number of hydrogen-bond donors (Lipinski definition) is 0. The molecule has 0 heterocycles. The summed E-state index contributed by atoms with van der Waals surface area (Å²) >= 11 is 0. The van der Waals surface area contributed by atoms with Crippen LogP contribution < -0.4 is 0 Å². The lowest BCUT2D eigenvalue weighted by Crippen LogP contribution is -2.14. The number of hydrogen-bond acceptors (Lipinski definition) is 0. The van der Waals surface area contributed by atoms with Gasteiger partial charge in [0.1, 0.15) is 0 Å². The molecule has 160 valence electrons. The first-order chi connectivity index (χ1) is 14.1. The van der Waals surface area contributed by atoms with Gasteiger partial charge in [0.25, 0.3) is 0 Å². The summed E-state index contributed by atoms with van der Waals surface area (Å²) in [5, 5.41) is 0. The second kappa shape index (κ2) is 11.1. The van der Waals surface area contributed by atoms with Crippen molar-refractivity contribution in [1.29, 1.82) is 0 Å². The highest BCUT2D eigenvalue weighted by Gasteiger charge is 2.21. The topological polar surface area (TPSA) is 0 Å². The van der Waals surface area contributed by atoms with E-state index in [1.165, 1.54) is 44.9 Å². The Morgan fingerprint density at radius 1 is 0.897 bits per heavy atom. The normalized spacial score (nSPS) is 25.4. The molecule has 0 aliphatic heterocycles. The molecule has 1 aromatic carbocycles. The minimum Gasteiger partial charge on any atom is -0.203 e. The van der Waals surface area contributed by atoms with Gasteiger partial charge < -0.3 is 0 Å². The van der Waals surface area contributed by atoms with Crippen LogP contribution in [0.25, 0.3) is 11.6 Å². The lowest BCUT2D eigenvalue weighted by molar-refractivity contribution is 0.253. The van der Waals surface area contributed by atoms with Gasteiger partial charge in [0.2, 0.25) is 0 Å². The van der Waals surface area contributed by atoms with Gasteiger partial charge in [0.15, 0.2) is 11.6 Å². The Labute approximate surface area is 176 Å². The van der Waals surface area contributed by atoms with E-state index in [1.807, 2.05) is 6.08 Å². The fourth-order valence-corrected chi connectivity index (χ4v) is 5.20. The van der Waals surface area contributed by atoms with Crippen LogP contribution in [0.4, 0.5) is 8.78 Å². The van der Waals surface area contributed by atoms with Crippen LogP contribution >= 0.6 is 0 Å². The third kappa shape index (κ3) is 6.03. The number of halogens is 2. The largest absolute Gasteiger partial charge is 0.203 e. The zero-order valence-electron chi connectivity index (χ0n) is 18.4. The van der Waals surface area contributed by atoms with Crippen LogP contribution in [0.15, 0.2) is 24.3 Å². The Hall–Kier alpha value is -1.44. The maximum atomic E-state index is 14.7. The maximum Gasteiger partial charge on any atom is 0.166 e. The van der Waals surface area contributed by atoms with Crippen molar-refractivity contribution in [1.82, 2.24) is 0 Å². The monoisotopic (exact) mass is 400 g/mol. The molecule has 2 aliphatic rings. The molecule has 1 saturated carbocycles. The summed E-state index contributed by atoms with van der Waals surface area (Å²) in [6, 6.07) is 3.51. The molecular weight excluding hydrogens is 362 g/mol. The summed E-state index contributed by atoms with van der Waals surface area (Å²) in [6.45, 7) is 4.47. The van der Waals surface area contributed by atoms with Crippen molar-refractivity contribution >= 4 is 11.6 Å². The fraction of sp³-hybridized carbons (Fsp3) is 0.630. The molecule has 0 bridgehead atoms. The predicted molar refractivity (Wildman–Crippen MR) is 121 cm³/mol. The number of rotatable bonds is 8. The molecule has 0 amide bonds. The first-order valence-corrected chi connectivity index (χ1v) is 12.0. The zero-order valence-corrected chi connectivity index (χ0v) is 18.4.